The number of methoxy groups -OCH3 is 1. The van der Waals surface area contributed by atoms with Gasteiger partial charge in [0.25, 0.3) is 0 Å². The van der Waals surface area contributed by atoms with Gasteiger partial charge < -0.3 is 15.2 Å². The molecule has 0 radical (unpaired) electrons. The molecule has 1 aliphatic heterocycles. The summed E-state index contributed by atoms with van der Waals surface area (Å²) in [4.78, 5) is 0. The van der Waals surface area contributed by atoms with Crippen LogP contribution in [0.5, 0.6) is 0 Å². The highest BCUT2D eigenvalue weighted by Gasteiger charge is 2.28. The number of nitrogens with two attached hydrogens (primary N) is 1. The van der Waals surface area contributed by atoms with Crippen LogP contribution in [0.1, 0.15) is 58.8 Å². The fourth-order valence-corrected chi connectivity index (χ4v) is 2.70. The Morgan fingerprint density at radius 1 is 1.33 bits per heavy atom. The van der Waals surface area contributed by atoms with Crippen molar-refractivity contribution in [3.05, 3.63) is 0 Å². The van der Waals surface area contributed by atoms with Crippen LogP contribution < -0.4 is 5.73 Å². The first-order chi connectivity index (χ1) is 8.62. The molecule has 1 fully saturated rings. The Morgan fingerprint density at radius 2 is 2.00 bits per heavy atom. The largest absolute Gasteiger partial charge is 0.381 e. The second-order valence-corrected chi connectivity index (χ2v) is 5.82. The van der Waals surface area contributed by atoms with E-state index in [1.807, 2.05) is 0 Å². The summed E-state index contributed by atoms with van der Waals surface area (Å²) < 4.78 is 10.9. The maximum Gasteiger partial charge on any atom is 0.0798 e. The molecule has 2 atom stereocenters. The van der Waals surface area contributed by atoms with Gasteiger partial charge in [-0.25, -0.2) is 0 Å². The van der Waals surface area contributed by atoms with Crippen LogP contribution in [0.15, 0.2) is 0 Å². The number of hydrogen-bond acceptors (Lipinski definition) is 3. The van der Waals surface area contributed by atoms with E-state index in [-0.39, 0.29) is 11.6 Å². The first-order valence-electron chi connectivity index (χ1n) is 7.51. The predicted molar refractivity (Wildman–Crippen MR) is 75.7 cm³/mol. The van der Waals surface area contributed by atoms with Gasteiger partial charge in [0, 0.05) is 26.4 Å². The number of ether oxygens (including phenoxy) is 2. The zero-order valence-corrected chi connectivity index (χ0v) is 12.4. The molecule has 1 rings (SSSR count). The third-order valence-electron chi connectivity index (χ3n) is 4.67. The smallest absolute Gasteiger partial charge is 0.0798 e. The van der Waals surface area contributed by atoms with Gasteiger partial charge in [-0.05, 0) is 38.5 Å². The van der Waals surface area contributed by atoms with E-state index in [1.54, 1.807) is 7.11 Å². The molecule has 0 aromatic rings. The van der Waals surface area contributed by atoms with Crippen molar-refractivity contribution in [2.45, 2.75) is 70.4 Å². The summed E-state index contributed by atoms with van der Waals surface area (Å²) >= 11 is 0. The fraction of sp³-hybridized carbons (Fsp3) is 1.00. The van der Waals surface area contributed by atoms with Crippen LogP contribution >= 0.6 is 0 Å². The van der Waals surface area contributed by atoms with Gasteiger partial charge >= 0.3 is 0 Å². The summed E-state index contributed by atoms with van der Waals surface area (Å²) in [7, 11) is 1.77. The van der Waals surface area contributed by atoms with Crippen molar-refractivity contribution in [3.8, 4) is 0 Å². The van der Waals surface area contributed by atoms with Gasteiger partial charge in [0.05, 0.1) is 5.60 Å². The quantitative estimate of drug-likeness (QED) is 0.679. The Labute approximate surface area is 112 Å². The second-order valence-electron chi connectivity index (χ2n) is 5.82. The Kier molecular flexibility index (Phi) is 7.20. The highest BCUT2D eigenvalue weighted by Crippen LogP contribution is 2.24. The number of unbranched alkanes of at least 4 members (excludes halogenated alkanes) is 1. The fourth-order valence-electron chi connectivity index (χ4n) is 2.70. The maximum absolute atomic E-state index is 6.25. The van der Waals surface area contributed by atoms with Gasteiger partial charge in [0.2, 0.25) is 0 Å². The molecule has 1 saturated heterocycles. The van der Waals surface area contributed by atoms with Crippen LogP contribution in [0.25, 0.3) is 0 Å². The third-order valence-corrected chi connectivity index (χ3v) is 4.67. The molecule has 18 heavy (non-hydrogen) atoms. The van der Waals surface area contributed by atoms with E-state index in [0.29, 0.717) is 0 Å². The molecule has 0 aliphatic carbocycles. The molecule has 0 bridgehead atoms. The molecule has 2 unspecified atom stereocenters. The lowest BCUT2D eigenvalue weighted by atomic mass is 9.88. The van der Waals surface area contributed by atoms with Crippen LogP contribution in [-0.2, 0) is 9.47 Å². The van der Waals surface area contributed by atoms with Crippen LogP contribution in [-0.4, -0.2) is 32.0 Å². The number of hydrogen-bond donors (Lipinski definition) is 1. The van der Waals surface area contributed by atoms with Crippen LogP contribution in [0.3, 0.4) is 0 Å². The number of rotatable bonds is 8. The lowest BCUT2D eigenvalue weighted by Crippen LogP contribution is -2.46. The molecular formula is C15H31NO2. The highest BCUT2D eigenvalue weighted by atomic mass is 16.5. The van der Waals surface area contributed by atoms with Gasteiger partial charge in [-0.1, -0.05) is 26.2 Å². The van der Waals surface area contributed by atoms with E-state index >= 15 is 0 Å². The maximum atomic E-state index is 6.25. The Bertz CT molecular complexity index is 211. The van der Waals surface area contributed by atoms with E-state index in [9.17, 15) is 0 Å². The summed E-state index contributed by atoms with van der Waals surface area (Å²) in [5.74, 6) is 0.884. The van der Waals surface area contributed by atoms with Crippen molar-refractivity contribution in [1.82, 2.24) is 0 Å². The molecule has 108 valence electrons. The second kappa shape index (κ2) is 8.13. The van der Waals surface area contributed by atoms with Gasteiger partial charge in [-0.2, -0.15) is 0 Å². The molecule has 0 amide bonds. The predicted octanol–water partition coefficient (Wildman–Crippen LogP) is 3.12. The monoisotopic (exact) mass is 257 g/mol. The summed E-state index contributed by atoms with van der Waals surface area (Å²) in [5, 5.41) is 0. The lowest BCUT2D eigenvalue weighted by Gasteiger charge is -2.33. The Hall–Kier alpha value is -0.120. The van der Waals surface area contributed by atoms with Gasteiger partial charge in [0.15, 0.2) is 0 Å². The zero-order chi connectivity index (χ0) is 13.4. The van der Waals surface area contributed by atoms with Crippen LogP contribution in [0.4, 0.5) is 0 Å². The normalized spacial score (nSPS) is 22.7. The lowest BCUT2D eigenvalue weighted by molar-refractivity contribution is -0.0212. The average Bonchev–Trinajstić information content (AvgIpc) is 2.43. The van der Waals surface area contributed by atoms with E-state index < -0.39 is 0 Å². The molecule has 0 aromatic carbocycles. The van der Waals surface area contributed by atoms with E-state index in [2.05, 4.69) is 13.8 Å². The first kappa shape index (κ1) is 15.9. The standard InChI is InChI=1S/C15H31NO2/c1-4-15(2,17-3)14(16)8-6-5-7-13-9-11-18-12-10-13/h13-14H,4-12,16H2,1-3H3. The van der Waals surface area contributed by atoms with Crippen molar-refractivity contribution in [2.75, 3.05) is 20.3 Å². The summed E-state index contributed by atoms with van der Waals surface area (Å²) in [5.41, 5.74) is 6.09. The SMILES string of the molecule is CCC(C)(OC)C(N)CCCCC1CCOCC1. The molecule has 1 aliphatic rings. The summed E-state index contributed by atoms with van der Waals surface area (Å²) in [6.07, 6.45) is 8.39. The van der Waals surface area contributed by atoms with E-state index in [1.165, 1.54) is 32.1 Å². The first-order valence-corrected chi connectivity index (χ1v) is 7.51. The minimum Gasteiger partial charge on any atom is -0.381 e. The van der Waals surface area contributed by atoms with Gasteiger partial charge in [-0.3, -0.25) is 0 Å². The van der Waals surface area contributed by atoms with E-state index in [4.69, 9.17) is 15.2 Å². The Morgan fingerprint density at radius 3 is 2.56 bits per heavy atom. The van der Waals surface area contributed by atoms with Crippen molar-refractivity contribution >= 4 is 0 Å². The summed E-state index contributed by atoms with van der Waals surface area (Å²) in [6.45, 7) is 6.19. The molecule has 3 nitrogen and oxygen atoms in total. The molecule has 2 N–H and O–H groups in total. The molecule has 0 spiro atoms. The van der Waals surface area contributed by atoms with E-state index in [0.717, 1.165) is 32.0 Å². The zero-order valence-electron chi connectivity index (χ0n) is 12.4. The molecule has 0 aromatic heterocycles. The molecule has 1 heterocycles. The van der Waals surface area contributed by atoms with Gasteiger partial charge in [0.1, 0.15) is 0 Å². The van der Waals surface area contributed by atoms with Crippen molar-refractivity contribution in [1.29, 1.82) is 0 Å². The molecule has 3 heteroatoms. The third kappa shape index (κ3) is 4.87. The minimum absolute atomic E-state index is 0.154. The average molecular weight is 257 g/mol. The Balaban J connectivity index is 2.12. The highest BCUT2D eigenvalue weighted by molar-refractivity contribution is 4.85. The van der Waals surface area contributed by atoms with Crippen molar-refractivity contribution in [2.24, 2.45) is 11.7 Å². The van der Waals surface area contributed by atoms with Crippen molar-refractivity contribution < 1.29 is 9.47 Å². The van der Waals surface area contributed by atoms with Crippen LogP contribution in [0, 0.1) is 5.92 Å². The van der Waals surface area contributed by atoms with Crippen LogP contribution in [0.2, 0.25) is 0 Å². The topological polar surface area (TPSA) is 44.5 Å². The minimum atomic E-state index is -0.154. The molecule has 0 saturated carbocycles. The summed E-state index contributed by atoms with van der Waals surface area (Å²) in [6, 6.07) is 0.155. The van der Waals surface area contributed by atoms with Gasteiger partial charge in [-0.15, -0.1) is 0 Å². The molecular weight excluding hydrogens is 226 g/mol. The van der Waals surface area contributed by atoms with Crippen molar-refractivity contribution in [3.63, 3.8) is 0 Å².